The molecule has 4 rings (SSSR count). The van der Waals surface area contributed by atoms with E-state index in [2.05, 4.69) is 10.5 Å². The van der Waals surface area contributed by atoms with Gasteiger partial charge in [0.25, 0.3) is 0 Å². The molecule has 0 radical (unpaired) electrons. The van der Waals surface area contributed by atoms with Gasteiger partial charge in [0.15, 0.2) is 12.0 Å². The van der Waals surface area contributed by atoms with Crippen LogP contribution in [0.15, 0.2) is 36.5 Å². The fourth-order valence-corrected chi connectivity index (χ4v) is 3.83. The zero-order chi connectivity index (χ0) is 23.4. The number of aliphatic hydroxyl groups is 1. The third-order valence-electron chi connectivity index (χ3n) is 5.95. The highest BCUT2D eigenvalue weighted by Crippen LogP contribution is 2.32. The first-order valence-corrected chi connectivity index (χ1v) is 11.2. The summed E-state index contributed by atoms with van der Waals surface area (Å²) in [5.74, 6) is 0.301. The number of aryl methyl sites for hydroxylation is 1. The molecule has 1 aromatic carbocycles. The van der Waals surface area contributed by atoms with Gasteiger partial charge in [0, 0.05) is 19.2 Å². The number of amides is 1. The summed E-state index contributed by atoms with van der Waals surface area (Å²) in [7, 11) is 0. The highest BCUT2D eigenvalue weighted by molar-refractivity contribution is 5.77. The summed E-state index contributed by atoms with van der Waals surface area (Å²) in [5.41, 5.74) is 5.36. The number of nitrogens with one attached hydrogen (secondary N) is 1. The van der Waals surface area contributed by atoms with Crippen LogP contribution in [0.4, 0.5) is 10.2 Å². The summed E-state index contributed by atoms with van der Waals surface area (Å²) in [6, 6.07) is 9.35. The van der Waals surface area contributed by atoms with Gasteiger partial charge >= 0.3 is 5.97 Å². The lowest BCUT2D eigenvalue weighted by Gasteiger charge is -2.34. The molecule has 2 unspecified atom stereocenters. The molecule has 33 heavy (non-hydrogen) atoms. The van der Waals surface area contributed by atoms with Crippen LogP contribution in [0.1, 0.15) is 31.7 Å². The zero-order valence-corrected chi connectivity index (χ0v) is 18.5. The summed E-state index contributed by atoms with van der Waals surface area (Å²) in [5, 5.41) is 8.98. The minimum Gasteiger partial charge on any atom is -0.487 e. The van der Waals surface area contributed by atoms with Gasteiger partial charge < -0.3 is 19.6 Å². The van der Waals surface area contributed by atoms with Crippen molar-refractivity contribution in [1.29, 1.82) is 0 Å². The van der Waals surface area contributed by atoms with E-state index < -0.39 is 24.8 Å². The number of ether oxygens (including phenoxy) is 1. The normalized spacial score (nSPS) is 20.3. The maximum Gasteiger partial charge on any atom is 0.335 e. The van der Waals surface area contributed by atoms with Gasteiger partial charge in [-0.25, -0.2) is 19.6 Å². The van der Waals surface area contributed by atoms with E-state index in [1.54, 1.807) is 12.3 Å². The Morgan fingerprint density at radius 3 is 2.70 bits per heavy atom. The van der Waals surface area contributed by atoms with Crippen LogP contribution in [-0.4, -0.2) is 58.8 Å². The van der Waals surface area contributed by atoms with Crippen molar-refractivity contribution < 1.29 is 28.7 Å². The van der Waals surface area contributed by atoms with Gasteiger partial charge in [0.2, 0.25) is 5.91 Å². The van der Waals surface area contributed by atoms with Crippen LogP contribution in [0.5, 0.6) is 5.75 Å². The molecule has 2 aliphatic rings. The molecule has 1 aliphatic heterocycles. The molecule has 2 fully saturated rings. The highest BCUT2D eigenvalue weighted by Gasteiger charge is 2.33. The van der Waals surface area contributed by atoms with Crippen molar-refractivity contribution in [1.82, 2.24) is 9.88 Å². The standard InChI is InChI=1S/C24H28FN3O5/c1-2-15-11-17(18-7-9-26-22(12-18)27-33-24(31)16-3-4-16)5-6-20(15)32-21-8-10-28(13-19(21)25)23(30)14-29/h5-7,9,11-12,16,19,21,29H,2-4,8,10,13-14H2,1H3,(H,26,27). The molecule has 1 aliphatic carbocycles. The molecule has 176 valence electrons. The SMILES string of the molecule is CCc1cc(-c2ccnc(NOC(=O)C3CC3)c2)ccc1OC1CCN(C(=O)CO)CC1F. The van der Waals surface area contributed by atoms with Gasteiger partial charge in [-0.1, -0.05) is 13.0 Å². The number of anilines is 1. The quantitative estimate of drug-likeness (QED) is 0.588. The van der Waals surface area contributed by atoms with Gasteiger partial charge in [0.1, 0.15) is 18.5 Å². The maximum absolute atomic E-state index is 14.6. The Morgan fingerprint density at radius 1 is 1.21 bits per heavy atom. The summed E-state index contributed by atoms with van der Waals surface area (Å²) < 4.78 is 20.6. The van der Waals surface area contributed by atoms with E-state index in [4.69, 9.17) is 14.7 Å². The van der Waals surface area contributed by atoms with Gasteiger partial charge in [-0.05, 0) is 60.2 Å². The van der Waals surface area contributed by atoms with Crippen LogP contribution < -0.4 is 10.2 Å². The number of carbonyl (C=O) groups is 2. The molecule has 1 amide bonds. The summed E-state index contributed by atoms with van der Waals surface area (Å²) >= 11 is 0. The van der Waals surface area contributed by atoms with Gasteiger partial charge in [0.05, 0.1) is 12.5 Å². The monoisotopic (exact) mass is 457 g/mol. The molecule has 1 aromatic heterocycles. The number of aromatic nitrogens is 1. The van der Waals surface area contributed by atoms with Gasteiger partial charge in [-0.3, -0.25) is 4.79 Å². The predicted molar refractivity (Wildman–Crippen MR) is 119 cm³/mol. The van der Waals surface area contributed by atoms with E-state index >= 15 is 0 Å². The molecule has 0 bridgehead atoms. The number of likely N-dealkylation sites (tertiary alicyclic amines) is 1. The Hall–Kier alpha value is -3.20. The second-order valence-electron chi connectivity index (χ2n) is 8.36. The Kier molecular flexibility index (Phi) is 7.08. The fourth-order valence-electron chi connectivity index (χ4n) is 3.83. The van der Waals surface area contributed by atoms with Crippen LogP contribution in [0.25, 0.3) is 11.1 Å². The molecule has 2 aromatic rings. The topological polar surface area (TPSA) is 101 Å². The molecular weight excluding hydrogens is 429 g/mol. The van der Waals surface area contributed by atoms with Crippen molar-refractivity contribution in [3.63, 3.8) is 0 Å². The minimum atomic E-state index is -1.33. The molecule has 2 heterocycles. The predicted octanol–water partition coefficient (Wildman–Crippen LogP) is 2.90. The minimum absolute atomic E-state index is 0.00772. The number of hydrogen-bond donors (Lipinski definition) is 2. The summed E-state index contributed by atoms with van der Waals surface area (Å²) in [4.78, 5) is 33.9. The Bertz CT molecular complexity index is 1010. The van der Waals surface area contributed by atoms with Gasteiger partial charge in [-0.15, -0.1) is 0 Å². The van der Waals surface area contributed by atoms with E-state index in [1.807, 2.05) is 31.2 Å². The summed E-state index contributed by atoms with van der Waals surface area (Å²) in [6.45, 7) is 1.65. The fraction of sp³-hybridized carbons (Fsp3) is 0.458. The zero-order valence-electron chi connectivity index (χ0n) is 18.5. The van der Waals surface area contributed by atoms with Crippen LogP contribution in [0.2, 0.25) is 0 Å². The number of alkyl halides is 1. The number of halogens is 1. The lowest BCUT2D eigenvalue weighted by Crippen LogP contribution is -2.50. The number of carbonyl (C=O) groups excluding carboxylic acids is 2. The third kappa shape index (κ3) is 5.60. The first kappa shape index (κ1) is 23.0. The highest BCUT2D eigenvalue weighted by atomic mass is 19.1. The number of benzene rings is 1. The van der Waals surface area contributed by atoms with Crippen molar-refractivity contribution in [2.24, 2.45) is 5.92 Å². The van der Waals surface area contributed by atoms with E-state index in [0.717, 1.165) is 29.5 Å². The number of nitrogens with zero attached hydrogens (tertiary/aromatic N) is 2. The van der Waals surface area contributed by atoms with E-state index in [1.165, 1.54) is 4.90 Å². The van der Waals surface area contributed by atoms with Gasteiger partial charge in [-0.2, -0.15) is 0 Å². The molecule has 2 atom stereocenters. The van der Waals surface area contributed by atoms with Crippen molar-refractivity contribution >= 4 is 17.7 Å². The largest absolute Gasteiger partial charge is 0.487 e. The number of aliphatic hydroxyl groups excluding tert-OH is 1. The first-order valence-electron chi connectivity index (χ1n) is 11.2. The maximum atomic E-state index is 14.6. The number of hydrogen-bond acceptors (Lipinski definition) is 7. The van der Waals surface area contributed by atoms with Crippen LogP contribution in [0, 0.1) is 5.92 Å². The lowest BCUT2D eigenvalue weighted by molar-refractivity contribution is -0.142. The smallest absolute Gasteiger partial charge is 0.335 e. The lowest BCUT2D eigenvalue weighted by atomic mass is 10.0. The van der Waals surface area contributed by atoms with E-state index in [-0.39, 0.29) is 18.4 Å². The number of rotatable bonds is 8. The Morgan fingerprint density at radius 2 is 2.00 bits per heavy atom. The van der Waals surface area contributed by atoms with Crippen molar-refractivity contribution in [3.8, 4) is 16.9 Å². The molecule has 2 N–H and O–H groups in total. The Balaban J connectivity index is 1.43. The number of piperidine rings is 1. The van der Waals surface area contributed by atoms with Crippen molar-refractivity contribution in [3.05, 3.63) is 42.1 Å². The molecule has 1 saturated heterocycles. The van der Waals surface area contributed by atoms with E-state index in [0.29, 0.717) is 31.0 Å². The van der Waals surface area contributed by atoms with Crippen molar-refractivity contribution in [2.45, 2.75) is 44.9 Å². The average Bonchev–Trinajstić information content (AvgIpc) is 3.69. The average molecular weight is 458 g/mol. The molecular formula is C24H28FN3O5. The van der Waals surface area contributed by atoms with Crippen LogP contribution in [0.3, 0.4) is 0 Å². The second-order valence-corrected chi connectivity index (χ2v) is 8.36. The first-order chi connectivity index (χ1) is 16.0. The number of pyridine rings is 1. The molecule has 8 nitrogen and oxygen atoms in total. The van der Waals surface area contributed by atoms with Crippen LogP contribution in [-0.2, 0) is 20.8 Å². The molecule has 1 saturated carbocycles. The molecule has 0 spiro atoms. The van der Waals surface area contributed by atoms with Crippen LogP contribution >= 0.6 is 0 Å². The second kappa shape index (κ2) is 10.2. The Labute approximate surface area is 191 Å². The summed E-state index contributed by atoms with van der Waals surface area (Å²) in [6.07, 6.45) is 2.44. The van der Waals surface area contributed by atoms with E-state index in [9.17, 15) is 14.0 Å². The van der Waals surface area contributed by atoms with Crippen molar-refractivity contribution in [2.75, 3.05) is 25.2 Å². The third-order valence-corrected chi connectivity index (χ3v) is 5.95. The molecule has 9 heteroatoms.